The summed E-state index contributed by atoms with van der Waals surface area (Å²) in [5.74, 6) is 0.278. The quantitative estimate of drug-likeness (QED) is 0.670. The summed E-state index contributed by atoms with van der Waals surface area (Å²) in [5.41, 5.74) is 5.38. The lowest BCUT2D eigenvalue weighted by Gasteiger charge is -2.19. The number of nitrogen functional groups attached to an aromatic ring is 1. The van der Waals surface area contributed by atoms with Crippen LogP contribution in [0.2, 0.25) is 0 Å². The van der Waals surface area contributed by atoms with Gasteiger partial charge in [0.1, 0.15) is 0 Å². The molecule has 2 N–H and O–H groups in total. The van der Waals surface area contributed by atoms with E-state index in [1.807, 2.05) is 0 Å². The lowest BCUT2D eigenvalue weighted by atomic mass is 9.96. The molecule has 2 rings (SSSR count). The first-order chi connectivity index (χ1) is 5.86. The van der Waals surface area contributed by atoms with Gasteiger partial charge in [-0.1, -0.05) is 24.4 Å². The highest BCUT2D eigenvalue weighted by molar-refractivity contribution is 5.06. The summed E-state index contributed by atoms with van der Waals surface area (Å²) < 4.78 is 0. The van der Waals surface area contributed by atoms with Crippen LogP contribution in [0.1, 0.15) is 38.1 Å². The zero-order valence-corrected chi connectivity index (χ0v) is 6.98. The van der Waals surface area contributed by atoms with Gasteiger partial charge in [0.15, 0.2) is 0 Å². The first-order valence-corrected chi connectivity index (χ1v) is 4.41. The Morgan fingerprint density at radius 1 is 1.25 bits per heavy atom. The number of rotatable bonds is 1. The van der Waals surface area contributed by atoms with Crippen LogP contribution in [0.5, 0.6) is 0 Å². The predicted octanol–water partition coefficient (Wildman–Crippen LogP) is 0.760. The molecular formula is C7H13N5. The normalized spacial score (nSPS) is 19.7. The van der Waals surface area contributed by atoms with Gasteiger partial charge in [-0.25, -0.2) is 0 Å². The Hall–Kier alpha value is -1.13. The zero-order valence-electron chi connectivity index (χ0n) is 6.98. The highest BCUT2D eigenvalue weighted by atomic mass is 15.6. The van der Waals surface area contributed by atoms with E-state index in [2.05, 4.69) is 15.4 Å². The molecule has 5 heteroatoms. The van der Waals surface area contributed by atoms with Crippen molar-refractivity contribution in [3.63, 3.8) is 0 Å². The Morgan fingerprint density at radius 2 is 2.00 bits per heavy atom. The van der Waals surface area contributed by atoms with E-state index in [0.29, 0.717) is 6.04 Å². The second-order valence-corrected chi connectivity index (χ2v) is 3.26. The molecule has 1 aromatic heterocycles. The SMILES string of the molecule is Nc1nnn(C2CCCCC2)n1. The van der Waals surface area contributed by atoms with Crippen molar-refractivity contribution in [1.82, 2.24) is 20.2 Å². The molecule has 12 heavy (non-hydrogen) atoms. The van der Waals surface area contributed by atoms with Gasteiger partial charge < -0.3 is 5.73 Å². The van der Waals surface area contributed by atoms with Gasteiger partial charge in [0, 0.05) is 0 Å². The van der Waals surface area contributed by atoms with Gasteiger partial charge in [0.2, 0.25) is 0 Å². The molecule has 1 heterocycles. The zero-order chi connectivity index (χ0) is 8.39. The van der Waals surface area contributed by atoms with Crippen LogP contribution < -0.4 is 5.73 Å². The van der Waals surface area contributed by atoms with E-state index < -0.39 is 0 Å². The third kappa shape index (κ3) is 1.39. The number of hydrogen-bond donors (Lipinski definition) is 1. The van der Waals surface area contributed by atoms with Crippen LogP contribution in [0.4, 0.5) is 5.95 Å². The van der Waals surface area contributed by atoms with E-state index in [1.165, 1.54) is 19.3 Å². The van der Waals surface area contributed by atoms with Crippen molar-refractivity contribution in [2.45, 2.75) is 38.1 Å². The van der Waals surface area contributed by atoms with Gasteiger partial charge in [-0.15, -0.1) is 5.10 Å². The lowest BCUT2D eigenvalue weighted by Crippen LogP contribution is -2.15. The minimum Gasteiger partial charge on any atom is -0.365 e. The first kappa shape index (κ1) is 7.52. The second kappa shape index (κ2) is 3.08. The molecule has 0 saturated heterocycles. The molecule has 0 atom stereocenters. The van der Waals surface area contributed by atoms with E-state index >= 15 is 0 Å². The fraction of sp³-hybridized carbons (Fsp3) is 0.857. The molecule has 0 amide bonds. The largest absolute Gasteiger partial charge is 0.365 e. The number of anilines is 1. The van der Waals surface area contributed by atoms with Gasteiger partial charge in [-0.3, -0.25) is 0 Å². The maximum atomic E-state index is 5.38. The molecule has 0 spiro atoms. The summed E-state index contributed by atoms with van der Waals surface area (Å²) in [5, 5.41) is 11.5. The molecule has 0 aliphatic heterocycles. The monoisotopic (exact) mass is 167 g/mol. The molecule has 66 valence electrons. The molecule has 0 radical (unpaired) electrons. The fourth-order valence-electron chi connectivity index (χ4n) is 1.70. The average molecular weight is 167 g/mol. The van der Waals surface area contributed by atoms with Gasteiger partial charge in [0.05, 0.1) is 6.04 Å². The smallest absolute Gasteiger partial charge is 0.260 e. The summed E-state index contributed by atoms with van der Waals surface area (Å²) in [6, 6.07) is 0.434. The molecule has 0 bridgehead atoms. The lowest BCUT2D eigenvalue weighted by molar-refractivity contribution is 0.297. The van der Waals surface area contributed by atoms with Crippen molar-refractivity contribution in [1.29, 1.82) is 0 Å². The third-order valence-electron chi connectivity index (χ3n) is 2.35. The van der Waals surface area contributed by atoms with Crippen LogP contribution in [0.15, 0.2) is 0 Å². The van der Waals surface area contributed by atoms with Crippen molar-refractivity contribution in [2.24, 2.45) is 0 Å². The Labute approximate surface area is 70.9 Å². The predicted molar refractivity (Wildman–Crippen MR) is 44.4 cm³/mol. The summed E-state index contributed by atoms with van der Waals surface area (Å²) in [7, 11) is 0. The molecule has 1 aliphatic carbocycles. The van der Waals surface area contributed by atoms with Crippen molar-refractivity contribution in [3.8, 4) is 0 Å². The maximum Gasteiger partial charge on any atom is 0.260 e. The average Bonchev–Trinajstić information content (AvgIpc) is 2.54. The second-order valence-electron chi connectivity index (χ2n) is 3.26. The summed E-state index contributed by atoms with van der Waals surface area (Å²) >= 11 is 0. The number of nitrogens with two attached hydrogens (primary N) is 1. The van der Waals surface area contributed by atoms with E-state index in [1.54, 1.807) is 4.80 Å². The number of nitrogens with zero attached hydrogens (tertiary/aromatic N) is 4. The number of tetrazole rings is 1. The van der Waals surface area contributed by atoms with Crippen molar-refractivity contribution in [3.05, 3.63) is 0 Å². The number of hydrogen-bond acceptors (Lipinski definition) is 4. The Morgan fingerprint density at radius 3 is 2.58 bits per heavy atom. The van der Waals surface area contributed by atoms with Gasteiger partial charge in [-0.2, -0.15) is 4.80 Å². The van der Waals surface area contributed by atoms with Crippen molar-refractivity contribution < 1.29 is 0 Å². The molecule has 1 aliphatic rings. The third-order valence-corrected chi connectivity index (χ3v) is 2.35. The summed E-state index contributed by atoms with van der Waals surface area (Å²) in [4.78, 5) is 1.66. The topological polar surface area (TPSA) is 69.6 Å². The Bertz CT molecular complexity index is 250. The molecule has 0 unspecified atom stereocenters. The van der Waals surface area contributed by atoms with Gasteiger partial charge >= 0.3 is 0 Å². The van der Waals surface area contributed by atoms with Gasteiger partial charge in [-0.05, 0) is 18.1 Å². The minimum absolute atomic E-state index is 0.278. The molecule has 1 fully saturated rings. The van der Waals surface area contributed by atoms with E-state index in [9.17, 15) is 0 Å². The molecule has 1 aromatic rings. The van der Waals surface area contributed by atoms with E-state index in [0.717, 1.165) is 12.8 Å². The van der Waals surface area contributed by atoms with E-state index in [-0.39, 0.29) is 5.95 Å². The highest BCUT2D eigenvalue weighted by Gasteiger charge is 2.17. The molecule has 5 nitrogen and oxygen atoms in total. The Balaban J connectivity index is 2.08. The van der Waals surface area contributed by atoms with Crippen LogP contribution >= 0.6 is 0 Å². The standard InChI is InChI=1S/C7H13N5/c8-7-9-11-12(10-7)6-4-2-1-3-5-6/h6H,1-5H2,(H2,8,10). The Kier molecular flexibility index (Phi) is 1.93. The van der Waals surface area contributed by atoms with Crippen LogP contribution in [-0.2, 0) is 0 Å². The van der Waals surface area contributed by atoms with E-state index in [4.69, 9.17) is 5.73 Å². The van der Waals surface area contributed by atoms with Crippen LogP contribution in [0.3, 0.4) is 0 Å². The minimum atomic E-state index is 0.278. The van der Waals surface area contributed by atoms with Gasteiger partial charge in [0.25, 0.3) is 5.95 Å². The summed E-state index contributed by atoms with van der Waals surface area (Å²) in [6.45, 7) is 0. The first-order valence-electron chi connectivity index (χ1n) is 4.41. The van der Waals surface area contributed by atoms with Crippen molar-refractivity contribution in [2.75, 3.05) is 5.73 Å². The molecule has 0 aromatic carbocycles. The van der Waals surface area contributed by atoms with Crippen LogP contribution in [0.25, 0.3) is 0 Å². The molecule has 1 saturated carbocycles. The molecular weight excluding hydrogens is 154 g/mol. The number of aromatic nitrogens is 4. The maximum absolute atomic E-state index is 5.38. The fourth-order valence-corrected chi connectivity index (χ4v) is 1.70. The van der Waals surface area contributed by atoms with Crippen LogP contribution in [0, 0.1) is 0 Å². The van der Waals surface area contributed by atoms with Crippen LogP contribution in [-0.4, -0.2) is 20.2 Å². The highest BCUT2D eigenvalue weighted by Crippen LogP contribution is 2.26. The summed E-state index contributed by atoms with van der Waals surface area (Å²) in [6.07, 6.45) is 6.20. The van der Waals surface area contributed by atoms with Crippen molar-refractivity contribution >= 4 is 5.95 Å².